The van der Waals surface area contributed by atoms with E-state index < -0.39 is 61.8 Å². The standard InChI is InChI=1S/2C19H13N3O7S2.2Na/c2*23-19-16(10-17(31(27,28)29)15-2-1-7-20-18(15)19)22-21-13-5-3-12-9-14(30(24,25)26)6-4-11(12)8-13;;/h2*1-10,23H,(H,24,25,26)(H,27,28,29);;/q;;2*+1/p-2. The van der Waals surface area contributed by atoms with Crippen LogP contribution in [0.25, 0.3) is 43.4 Å². The van der Waals surface area contributed by atoms with Gasteiger partial charge in [-0.1, -0.05) is 24.3 Å². The molecular weight excluding hydrogens is 939 g/mol. The summed E-state index contributed by atoms with van der Waals surface area (Å²) < 4.78 is 133. The predicted octanol–water partition coefficient (Wildman–Crippen LogP) is 1.33. The molecule has 4 N–H and O–H groups in total. The van der Waals surface area contributed by atoms with Crippen molar-refractivity contribution < 1.29 is 121 Å². The molecule has 6 aromatic carbocycles. The summed E-state index contributed by atoms with van der Waals surface area (Å²) in [6.45, 7) is 0. The van der Waals surface area contributed by atoms with E-state index in [0.717, 1.165) is 12.1 Å². The van der Waals surface area contributed by atoms with Gasteiger partial charge in [-0.25, -0.2) is 16.8 Å². The summed E-state index contributed by atoms with van der Waals surface area (Å²) in [6, 6.07) is 24.6. The smallest absolute Gasteiger partial charge is 0.744 e. The molecule has 0 bridgehead atoms. The van der Waals surface area contributed by atoms with Gasteiger partial charge in [-0.15, -0.1) is 10.2 Å². The number of phenolic OH excluding ortho intramolecular Hbond substituents is 2. The molecule has 316 valence electrons. The SMILES string of the molecule is O=S(=O)([O-])c1cc(N=Nc2ccc3cc(S(=O)(=O)O)ccc3c2)c(O)c2ncccc12.O=S(=O)([O-])c1cc(N=Nc2ccc3cc(S(=O)(=O)O)ccc3c2)c(O)c2ncccc12.[Na+].[Na+]. The Balaban J connectivity index is 0.000000234. The average Bonchev–Trinajstić information content (AvgIpc) is 3.21. The molecule has 2 aromatic heterocycles. The Bertz CT molecular complexity index is 3450. The summed E-state index contributed by atoms with van der Waals surface area (Å²) in [5.41, 5.74) is -0.127. The summed E-state index contributed by atoms with van der Waals surface area (Å²) >= 11 is 0. The Labute approximate surface area is 407 Å². The van der Waals surface area contributed by atoms with Crippen LogP contribution in [0.5, 0.6) is 11.5 Å². The second-order valence-corrected chi connectivity index (χ2v) is 18.5. The van der Waals surface area contributed by atoms with Crippen LogP contribution >= 0.6 is 0 Å². The Kier molecular flexibility index (Phi) is 15.1. The maximum absolute atomic E-state index is 11.6. The van der Waals surface area contributed by atoms with Crippen molar-refractivity contribution in [3.63, 3.8) is 0 Å². The fraction of sp³-hybridized carbons (Fsp3) is 0. The second kappa shape index (κ2) is 19.3. The third-order valence-electron chi connectivity index (χ3n) is 8.89. The molecule has 0 saturated heterocycles. The van der Waals surface area contributed by atoms with Crippen LogP contribution in [0.1, 0.15) is 0 Å². The van der Waals surface area contributed by atoms with E-state index >= 15 is 0 Å². The first kappa shape index (κ1) is 50.1. The van der Waals surface area contributed by atoms with Crippen LogP contribution in [0.3, 0.4) is 0 Å². The van der Waals surface area contributed by atoms with Crippen LogP contribution in [-0.4, -0.2) is 72.1 Å². The first-order valence-corrected chi connectivity index (χ1v) is 22.8. The number of rotatable bonds is 8. The number of benzene rings is 6. The molecule has 0 aliphatic rings. The van der Waals surface area contributed by atoms with Crippen molar-refractivity contribution >= 4 is 107 Å². The Morgan fingerprint density at radius 3 is 1.14 bits per heavy atom. The third kappa shape index (κ3) is 11.1. The van der Waals surface area contributed by atoms with Gasteiger partial charge in [-0.3, -0.25) is 19.1 Å². The van der Waals surface area contributed by atoms with Crippen molar-refractivity contribution in [3.05, 3.63) is 122 Å². The Hall–Kier alpha value is -4.90. The molecule has 26 heteroatoms. The summed E-state index contributed by atoms with van der Waals surface area (Å²) in [4.78, 5) is 6.15. The molecular formula is C38H24N6Na2O14S4. The van der Waals surface area contributed by atoms with Gasteiger partial charge in [0.15, 0.2) is 11.5 Å². The molecule has 64 heavy (non-hydrogen) atoms. The molecule has 20 nitrogen and oxygen atoms in total. The van der Waals surface area contributed by atoms with Crippen LogP contribution < -0.4 is 59.1 Å². The molecule has 0 aliphatic carbocycles. The van der Waals surface area contributed by atoms with E-state index in [4.69, 9.17) is 9.11 Å². The van der Waals surface area contributed by atoms with Crippen LogP contribution in [-0.2, 0) is 40.5 Å². The van der Waals surface area contributed by atoms with Gasteiger partial charge in [-0.2, -0.15) is 27.1 Å². The van der Waals surface area contributed by atoms with E-state index in [2.05, 4.69) is 30.4 Å². The minimum atomic E-state index is -4.87. The predicted molar refractivity (Wildman–Crippen MR) is 219 cm³/mol. The normalized spacial score (nSPS) is 12.3. The summed E-state index contributed by atoms with van der Waals surface area (Å²) in [5.74, 6) is -0.879. The molecule has 0 aliphatic heterocycles. The Morgan fingerprint density at radius 1 is 0.453 bits per heavy atom. The van der Waals surface area contributed by atoms with Gasteiger partial charge in [0.2, 0.25) is 0 Å². The number of azo groups is 2. The average molecular weight is 963 g/mol. The zero-order chi connectivity index (χ0) is 44.8. The minimum Gasteiger partial charge on any atom is -0.744 e. The van der Waals surface area contributed by atoms with Crippen LogP contribution in [0.15, 0.2) is 162 Å². The van der Waals surface area contributed by atoms with Crippen molar-refractivity contribution in [1.29, 1.82) is 0 Å². The van der Waals surface area contributed by atoms with Gasteiger partial charge in [0, 0.05) is 23.2 Å². The maximum Gasteiger partial charge on any atom is 1.00 e. The van der Waals surface area contributed by atoms with Crippen molar-refractivity contribution in [3.8, 4) is 11.5 Å². The molecule has 0 spiro atoms. The van der Waals surface area contributed by atoms with Crippen molar-refractivity contribution in [2.75, 3.05) is 0 Å². The number of aromatic hydroxyl groups is 2. The quantitative estimate of drug-likeness (QED) is 0.0948. The zero-order valence-corrected chi connectivity index (χ0v) is 40.0. The maximum atomic E-state index is 11.6. The second-order valence-electron chi connectivity index (χ2n) is 12.9. The zero-order valence-electron chi connectivity index (χ0n) is 32.7. The van der Waals surface area contributed by atoms with Crippen LogP contribution in [0.4, 0.5) is 22.7 Å². The molecule has 0 saturated carbocycles. The van der Waals surface area contributed by atoms with E-state index in [1.807, 2.05) is 0 Å². The van der Waals surface area contributed by atoms with Crippen LogP contribution in [0, 0.1) is 0 Å². The number of nitrogens with zero attached hydrogens (tertiary/aromatic N) is 6. The van der Waals surface area contributed by atoms with Crippen molar-refractivity contribution in [2.24, 2.45) is 20.5 Å². The fourth-order valence-corrected chi connectivity index (χ4v) is 8.44. The van der Waals surface area contributed by atoms with Gasteiger partial charge in [0.05, 0.1) is 31.0 Å². The van der Waals surface area contributed by atoms with E-state index in [0.29, 0.717) is 32.9 Å². The largest absolute Gasteiger partial charge is 1.00 e. The minimum absolute atomic E-state index is 0. The summed E-state index contributed by atoms with van der Waals surface area (Å²) in [6.07, 6.45) is 2.66. The summed E-state index contributed by atoms with van der Waals surface area (Å²) in [7, 11) is -18.4. The molecule has 0 atom stereocenters. The van der Waals surface area contributed by atoms with E-state index in [1.165, 1.54) is 85.2 Å². The molecule has 0 fully saturated rings. The number of phenols is 2. The van der Waals surface area contributed by atoms with Gasteiger partial charge in [-0.05, 0) is 106 Å². The number of aromatic nitrogens is 2. The number of pyridine rings is 2. The molecule has 0 radical (unpaired) electrons. The molecule has 8 aromatic rings. The molecule has 0 unspecified atom stereocenters. The van der Waals surface area contributed by atoms with Gasteiger partial charge < -0.3 is 19.3 Å². The first-order chi connectivity index (χ1) is 29.1. The summed E-state index contributed by atoms with van der Waals surface area (Å²) in [5, 5.41) is 38.6. The topological polar surface area (TPSA) is 339 Å². The van der Waals surface area contributed by atoms with Gasteiger partial charge >= 0.3 is 59.1 Å². The first-order valence-electron chi connectivity index (χ1n) is 17.1. The number of fused-ring (bicyclic) bond motifs is 4. The molecule has 0 amide bonds. The van der Waals surface area contributed by atoms with Gasteiger partial charge in [0.1, 0.15) is 42.6 Å². The van der Waals surface area contributed by atoms with Gasteiger partial charge in [0.25, 0.3) is 20.2 Å². The fourth-order valence-electron chi connectivity index (χ4n) is 6.03. The Morgan fingerprint density at radius 2 is 0.797 bits per heavy atom. The number of hydrogen-bond donors (Lipinski definition) is 4. The van der Waals surface area contributed by atoms with Crippen molar-refractivity contribution in [1.82, 2.24) is 9.97 Å². The third-order valence-corrected chi connectivity index (χ3v) is 12.3. The monoisotopic (exact) mass is 962 g/mol. The molecule has 8 rings (SSSR count). The number of hydrogen-bond acceptors (Lipinski definition) is 18. The molecule has 2 heterocycles. The van der Waals surface area contributed by atoms with Crippen LogP contribution in [0.2, 0.25) is 0 Å². The van der Waals surface area contributed by atoms with E-state index in [9.17, 15) is 53.0 Å². The van der Waals surface area contributed by atoms with E-state index in [-0.39, 0.29) is 102 Å². The van der Waals surface area contributed by atoms with E-state index in [1.54, 1.807) is 24.3 Å². The van der Waals surface area contributed by atoms with Crippen molar-refractivity contribution in [2.45, 2.75) is 19.6 Å².